The zero-order valence-corrected chi connectivity index (χ0v) is 20.4. The summed E-state index contributed by atoms with van der Waals surface area (Å²) in [5.74, 6) is 1.33. The molecular weight excluding hydrogens is 444 g/mol. The van der Waals surface area contributed by atoms with Gasteiger partial charge in [0, 0.05) is 50.5 Å². The molecule has 3 aromatic rings. The van der Waals surface area contributed by atoms with Crippen molar-refractivity contribution in [2.24, 2.45) is 0 Å². The van der Waals surface area contributed by atoms with Crippen LogP contribution in [0, 0.1) is 0 Å². The average molecular weight is 477 g/mol. The van der Waals surface area contributed by atoms with E-state index in [0.29, 0.717) is 5.75 Å². The smallest absolute Gasteiger partial charge is 0.233 e. The Bertz CT molecular complexity index is 1060. The molecule has 0 bridgehead atoms. The normalized spacial score (nSPS) is 17.4. The number of rotatable bonds is 8. The Morgan fingerprint density at radius 2 is 1.38 bits per heavy atom. The molecule has 34 heavy (non-hydrogen) atoms. The lowest BCUT2D eigenvalue weighted by Gasteiger charge is -2.35. The standard InChI is InChI=1S/C26H32N6OS/c33-24(31-19-17-30(18-20-31)16-15-29-13-7-8-14-29)21-34-26-28-27-25(22-9-3-1-4-10-22)32(26)23-11-5-2-6-12-23/h1-6,9-12H,7-8,13-21H2. The van der Waals surface area contributed by atoms with Crippen LogP contribution >= 0.6 is 11.8 Å². The van der Waals surface area contributed by atoms with Crippen molar-refractivity contribution in [2.45, 2.75) is 18.0 Å². The molecule has 0 unspecified atom stereocenters. The van der Waals surface area contributed by atoms with E-state index in [4.69, 9.17) is 0 Å². The SMILES string of the molecule is O=C(CSc1nnc(-c2ccccc2)n1-c1ccccc1)N1CCN(CCN2CCCC2)CC1. The van der Waals surface area contributed by atoms with Gasteiger partial charge in [0.15, 0.2) is 11.0 Å². The number of aromatic nitrogens is 3. The topological polar surface area (TPSA) is 57.5 Å². The first-order chi connectivity index (χ1) is 16.8. The van der Waals surface area contributed by atoms with Gasteiger partial charge in [0.25, 0.3) is 0 Å². The molecule has 2 aromatic carbocycles. The number of carbonyl (C=O) groups excluding carboxylic acids is 1. The largest absolute Gasteiger partial charge is 0.339 e. The predicted molar refractivity (Wildman–Crippen MR) is 136 cm³/mol. The number of benzene rings is 2. The number of hydrogen-bond donors (Lipinski definition) is 0. The number of carbonyl (C=O) groups is 1. The predicted octanol–water partition coefficient (Wildman–Crippen LogP) is 3.27. The van der Waals surface area contributed by atoms with Gasteiger partial charge >= 0.3 is 0 Å². The lowest BCUT2D eigenvalue weighted by Crippen LogP contribution is -2.50. The molecule has 0 spiro atoms. The van der Waals surface area contributed by atoms with Crippen LogP contribution in [0.15, 0.2) is 65.8 Å². The number of amides is 1. The summed E-state index contributed by atoms with van der Waals surface area (Å²) < 4.78 is 2.05. The Morgan fingerprint density at radius 3 is 2.06 bits per heavy atom. The maximum absolute atomic E-state index is 13.0. The molecule has 178 valence electrons. The summed E-state index contributed by atoms with van der Waals surface area (Å²) in [6, 6.07) is 20.2. The molecule has 2 aliphatic heterocycles. The molecule has 0 N–H and O–H groups in total. The molecule has 0 aliphatic carbocycles. The summed E-state index contributed by atoms with van der Waals surface area (Å²) >= 11 is 1.46. The second-order valence-corrected chi connectivity index (χ2v) is 9.85. The van der Waals surface area contributed by atoms with Crippen LogP contribution in [0.2, 0.25) is 0 Å². The molecule has 2 aliphatic rings. The number of hydrogen-bond acceptors (Lipinski definition) is 6. The van der Waals surface area contributed by atoms with Crippen molar-refractivity contribution in [3.63, 3.8) is 0 Å². The van der Waals surface area contributed by atoms with Crippen molar-refractivity contribution >= 4 is 17.7 Å². The van der Waals surface area contributed by atoms with E-state index >= 15 is 0 Å². The summed E-state index contributed by atoms with van der Waals surface area (Å²) in [7, 11) is 0. The van der Waals surface area contributed by atoms with E-state index in [9.17, 15) is 4.79 Å². The fourth-order valence-electron chi connectivity index (χ4n) is 4.67. The van der Waals surface area contributed by atoms with Crippen LogP contribution in [0.1, 0.15) is 12.8 Å². The van der Waals surface area contributed by atoms with Gasteiger partial charge in [-0.1, -0.05) is 60.3 Å². The summed E-state index contributed by atoms with van der Waals surface area (Å²) in [5.41, 5.74) is 2.00. The highest BCUT2D eigenvalue weighted by atomic mass is 32.2. The molecule has 1 aromatic heterocycles. The molecule has 0 atom stereocenters. The van der Waals surface area contributed by atoms with E-state index in [-0.39, 0.29) is 5.91 Å². The summed E-state index contributed by atoms with van der Waals surface area (Å²) in [5, 5.41) is 9.66. The maximum atomic E-state index is 13.0. The van der Waals surface area contributed by atoms with Crippen LogP contribution in [-0.2, 0) is 4.79 Å². The second kappa shape index (κ2) is 11.2. The number of piperazine rings is 1. The summed E-state index contributed by atoms with van der Waals surface area (Å²) in [4.78, 5) is 20.0. The van der Waals surface area contributed by atoms with Crippen LogP contribution in [0.3, 0.4) is 0 Å². The Labute approximate surface area is 205 Å². The van der Waals surface area contributed by atoms with Gasteiger partial charge < -0.3 is 9.80 Å². The average Bonchev–Trinajstić information content (AvgIpc) is 3.57. The highest BCUT2D eigenvalue weighted by Gasteiger charge is 2.23. The van der Waals surface area contributed by atoms with Crippen molar-refractivity contribution in [1.29, 1.82) is 0 Å². The van der Waals surface area contributed by atoms with Gasteiger partial charge in [-0.3, -0.25) is 14.3 Å². The highest BCUT2D eigenvalue weighted by molar-refractivity contribution is 7.99. The highest BCUT2D eigenvalue weighted by Crippen LogP contribution is 2.28. The number of thioether (sulfide) groups is 1. The molecule has 5 rings (SSSR count). The van der Waals surface area contributed by atoms with Crippen LogP contribution in [0.4, 0.5) is 0 Å². The van der Waals surface area contributed by atoms with E-state index < -0.39 is 0 Å². The van der Waals surface area contributed by atoms with Gasteiger partial charge in [0.1, 0.15) is 0 Å². The Kier molecular flexibility index (Phi) is 7.58. The molecule has 0 radical (unpaired) electrons. The van der Waals surface area contributed by atoms with Crippen molar-refractivity contribution in [3.05, 3.63) is 60.7 Å². The third kappa shape index (κ3) is 5.51. The number of nitrogens with zero attached hydrogens (tertiary/aromatic N) is 6. The molecular formula is C26H32N6OS. The molecule has 0 saturated carbocycles. The van der Waals surface area contributed by atoms with Gasteiger partial charge in [0.2, 0.25) is 5.91 Å². The van der Waals surface area contributed by atoms with Crippen molar-refractivity contribution in [1.82, 2.24) is 29.5 Å². The Hall–Kier alpha value is -2.68. The first-order valence-electron chi connectivity index (χ1n) is 12.2. The van der Waals surface area contributed by atoms with E-state index in [1.807, 2.05) is 70.1 Å². The van der Waals surface area contributed by atoms with Gasteiger partial charge in [-0.15, -0.1) is 10.2 Å². The molecule has 1 amide bonds. The van der Waals surface area contributed by atoms with E-state index in [1.54, 1.807) is 0 Å². The van der Waals surface area contributed by atoms with Gasteiger partial charge in [0.05, 0.1) is 5.75 Å². The van der Waals surface area contributed by atoms with Gasteiger partial charge in [-0.25, -0.2) is 0 Å². The fourth-order valence-corrected chi connectivity index (χ4v) is 5.53. The first-order valence-corrected chi connectivity index (χ1v) is 13.2. The van der Waals surface area contributed by atoms with Crippen LogP contribution in [0.25, 0.3) is 17.1 Å². The number of para-hydroxylation sites is 1. The second-order valence-electron chi connectivity index (χ2n) is 8.90. The zero-order valence-electron chi connectivity index (χ0n) is 19.6. The maximum Gasteiger partial charge on any atom is 0.233 e. The van der Waals surface area contributed by atoms with Crippen molar-refractivity contribution in [3.8, 4) is 17.1 Å². The molecule has 2 fully saturated rings. The summed E-state index contributed by atoms with van der Waals surface area (Å²) in [6.07, 6.45) is 2.68. The van der Waals surface area contributed by atoms with E-state index in [0.717, 1.165) is 61.5 Å². The lowest BCUT2D eigenvalue weighted by molar-refractivity contribution is -0.130. The fraction of sp³-hybridized carbons (Fsp3) is 0.423. The number of likely N-dealkylation sites (tertiary alicyclic amines) is 1. The molecule has 3 heterocycles. The molecule has 7 nitrogen and oxygen atoms in total. The van der Waals surface area contributed by atoms with E-state index in [2.05, 4.69) is 20.0 Å². The van der Waals surface area contributed by atoms with Crippen molar-refractivity contribution < 1.29 is 4.79 Å². The lowest BCUT2D eigenvalue weighted by atomic mass is 10.2. The van der Waals surface area contributed by atoms with Crippen molar-refractivity contribution in [2.75, 3.05) is 58.1 Å². The minimum absolute atomic E-state index is 0.174. The Morgan fingerprint density at radius 1 is 0.765 bits per heavy atom. The van der Waals surface area contributed by atoms with Crippen LogP contribution < -0.4 is 0 Å². The van der Waals surface area contributed by atoms with Crippen LogP contribution in [-0.4, -0.2) is 93.5 Å². The third-order valence-electron chi connectivity index (χ3n) is 6.66. The van der Waals surface area contributed by atoms with Gasteiger partial charge in [-0.2, -0.15) is 0 Å². The minimum atomic E-state index is 0.174. The zero-order chi connectivity index (χ0) is 23.2. The molecule has 2 saturated heterocycles. The monoisotopic (exact) mass is 476 g/mol. The minimum Gasteiger partial charge on any atom is -0.339 e. The first kappa shape index (κ1) is 23.1. The van der Waals surface area contributed by atoms with Crippen LogP contribution in [0.5, 0.6) is 0 Å². The molecule has 8 heteroatoms. The van der Waals surface area contributed by atoms with Gasteiger partial charge in [-0.05, 0) is 38.1 Å². The quantitative estimate of drug-likeness (QED) is 0.465. The summed E-state index contributed by atoms with van der Waals surface area (Å²) in [6.45, 7) is 8.29. The van der Waals surface area contributed by atoms with E-state index in [1.165, 1.54) is 37.7 Å². The third-order valence-corrected chi connectivity index (χ3v) is 7.57. The Balaban J connectivity index is 1.20.